The van der Waals surface area contributed by atoms with Gasteiger partial charge in [-0.2, -0.15) is 0 Å². The van der Waals surface area contributed by atoms with Crippen LogP contribution in [0.3, 0.4) is 0 Å². The van der Waals surface area contributed by atoms with Crippen molar-refractivity contribution >= 4 is 22.6 Å². The van der Waals surface area contributed by atoms with Gasteiger partial charge < -0.3 is 15.8 Å². The van der Waals surface area contributed by atoms with Gasteiger partial charge in [-0.1, -0.05) is 12.1 Å². The highest BCUT2D eigenvalue weighted by molar-refractivity contribution is 5.98. The van der Waals surface area contributed by atoms with Crippen LogP contribution in [0.2, 0.25) is 0 Å². The molecule has 9 heteroatoms. The molecule has 0 atom stereocenters. The van der Waals surface area contributed by atoms with Crippen molar-refractivity contribution in [2.75, 3.05) is 32.1 Å². The first-order chi connectivity index (χ1) is 17.5. The maximum atomic E-state index is 14.0. The first-order valence-corrected chi connectivity index (χ1v) is 11.8. The van der Waals surface area contributed by atoms with Crippen LogP contribution < -0.4 is 15.8 Å². The number of benzene rings is 2. The minimum atomic E-state index is -0.318. The third-order valence-electron chi connectivity index (χ3n) is 6.37. The van der Waals surface area contributed by atoms with Crippen LogP contribution in [0.1, 0.15) is 12.8 Å². The van der Waals surface area contributed by atoms with Gasteiger partial charge in [0.15, 0.2) is 5.82 Å². The summed E-state index contributed by atoms with van der Waals surface area (Å²) in [6.07, 6.45) is 5.10. The molecule has 1 amide bonds. The summed E-state index contributed by atoms with van der Waals surface area (Å²) in [5, 5.41) is 4.38. The fraction of sp³-hybridized carbons (Fsp3) is 0.259. The van der Waals surface area contributed by atoms with E-state index < -0.39 is 0 Å². The van der Waals surface area contributed by atoms with Crippen molar-refractivity contribution < 1.29 is 13.9 Å². The number of ether oxygens (including phenoxy) is 1. The van der Waals surface area contributed by atoms with E-state index in [1.165, 1.54) is 12.1 Å². The summed E-state index contributed by atoms with van der Waals surface area (Å²) >= 11 is 0. The second-order valence-corrected chi connectivity index (χ2v) is 8.88. The number of rotatable bonds is 7. The number of nitrogens with two attached hydrogens (primary N) is 1. The zero-order chi connectivity index (χ0) is 25.1. The Bertz CT molecular complexity index is 1390. The van der Waals surface area contributed by atoms with Gasteiger partial charge in [0.1, 0.15) is 22.9 Å². The summed E-state index contributed by atoms with van der Waals surface area (Å²) in [7, 11) is 1.59. The lowest BCUT2D eigenvalue weighted by Crippen LogP contribution is -2.43. The first-order valence-electron chi connectivity index (χ1n) is 11.8. The van der Waals surface area contributed by atoms with Gasteiger partial charge in [-0.3, -0.25) is 14.7 Å². The van der Waals surface area contributed by atoms with E-state index in [1.807, 2.05) is 30.3 Å². The number of piperidine rings is 1. The summed E-state index contributed by atoms with van der Waals surface area (Å²) in [5.74, 6) is 1.14. The third kappa shape index (κ3) is 5.11. The lowest BCUT2D eigenvalue weighted by atomic mass is 10.0. The quantitative estimate of drug-likeness (QED) is 0.408. The van der Waals surface area contributed by atoms with Gasteiger partial charge >= 0.3 is 0 Å². The second kappa shape index (κ2) is 10.2. The molecule has 0 bridgehead atoms. The van der Waals surface area contributed by atoms with E-state index in [0.717, 1.165) is 48.0 Å². The lowest BCUT2D eigenvalue weighted by Gasteiger charge is -2.32. The molecule has 184 valence electrons. The summed E-state index contributed by atoms with van der Waals surface area (Å²) in [6, 6.07) is 14.2. The highest BCUT2D eigenvalue weighted by Gasteiger charge is 2.23. The fourth-order valence-corrected chi connectivity index (χ4v) is 4.57. The predicted octanol–water partition coefficient (Wildman–Crippen LogP) is 3.87. The molecule has 2 aromatic heterocycles. The van der Waals surface area contributed by atoms with Crippen molar-refractivity contribution in [2.45, 2.75) is 18.9 Å². The van der Waals surface area contributed by atoms with Gasteiger partial charge in [-0.05, 0) is 60.4 Å². The molecule has 0 saturated carbocycles. The Morgan fingerprint density at radius 3 is 2.61 bits per heavy atom. The number of carbonyl (C=O) groups is 1. The molecule has 2 aromatic carbocycles. The van der Waals surface area contributed by atoms with Crippen molar-refractivity contribution in [3.05, 3.63) is 66.7 Å². The molecule has 0 spiro atoms. The molecule has 1 saturated heterocycles. The Morgan fingerprint density at radius 2 is 1.92 bits per heavy atom. The molecular weight excluding hydrogens is 459 g/mol. The Morgan fingerprint density at radius 1 is 1.11 bits per heavy atom. The largest absolute Gasteiger partial charge is 0.494 e. The number of nitrogens with one attached hydrogen (secondary N) is 1. The third-order valence-corrected chi connectivity index (χ3v) is 6.37. The number of hydrogen-bond donors (Lipinski definition) is 2. The van der Waals surface area contributed by atoms with Gasteiger partial charge in [0.25, 0.3) is 0 Å². The molecule has 5 rings (SSSR count). The monoisotopic (exact) mass is 486 g/mol. The molecule has 36 heavy (non-hydrogen) atoms. The maximum Gasteiger partial charge on any atom is 0.231 e. The van der Waals surface area contributed by atoms with E-state index in [0.29, 0.717) is 22.9 Å². The number of amides is 1. The molecule has 1 fully saturated rings. The van der Waals surface area contributed by atoms with E-state index in [9.17, 15) is 9.18 Å². The summed E-state index contributed by atoms with van der Waals surface area (Å²) in [4.78, 5) is 27.3. The number of aromatic nitrogens is 3. The number of anilines is 1. The number of fused-ring (bicyclic) bond motifs is 1. The average Bonchev–Trinajstić information content (AvgIpc) is 2.89. The maximum absolute atomic E-state index is 14.0. The molecule has 4 aromatic rings. The van der Waals surface area contributed by atoms with Crippen molar-refractivity contribution in [3.8, 4) is 28.3 Å². The van der Waals surface area contributed by atoms with Crippen LogP contribution in [0.4, 0.5) is 10.2 Å². The van der Waals surface area contributed by atoms with Gasteiger partial charge in [0.05, 0.1) is 13.7 Å². The number of hydrogen-bond acceptors (Lipinski definition) is 7. The number of carbonyl (C=O) groups excluding carboxylic acids is 1. The van der Waals surface area contributed by atoms with E-state index in [4.69, 9.17) is 20.4 Å². The average molecular weight is 487 g/mol. The van der Waals surface area contributed by atoms with Crippen LogP contribution in [-0.2, 0) is 4.79 Å². The van der Waals surface area contributed by atoms with E-state index in [2.05, 4.69) is 15.2 Å². The van der Waals surface area contributed by atoms with Crippen LogP contribution in [0.5, 0.6) is 5.75 Å². The second-order valence-electron chi connectivity index (χ2n) is 8.88. The first kappa shape index (κ1) is 23.6. The molecule has 1 aliphatic rings. The highest BCUT2D eigenvalue weighted by Crippen LogP contribution is 2.36. The van der Waals surface area contributed by atoms with Crippen molar-refractivity contribution in [3.63, 3.8) is 0 Å². The van der Waals surface area contributed by atoms with E-state index in [-0.39, 0.29) is 24.3 Å². The molecule has 3 heterocycles. The van der Waals surface area contributed by atoms with Crippen LogP contribution >= 0.6 is 0 Å². The number of pyridine rings is 1. The highest BCUT2D eigenvalue weighted by atomic mass is 19.1. The number of halogens is 1. The Hall–Kier alpha value is -4.11. The fourth-order valence-electron chi connectivity index (χ4n) is 4.57. The minimum absolute atomic E-state index is 0.151. The predicted molar refractivity (Wildman–Crippen MR) is 137 cm³/mol. The zero-order valence-electron chi connectivity index (χ0n) is 19.9. The molecule has 1 aliphatic heterocycles. The van der Waals surface area contributed by atoms with Crippen molar-refractivity contribution in [1.29, 1.82) is 0 Å². The SMILES string of the molecule is COc1cc(-c2cccc(F)c2)cc2c(NC3CCN(CC(N)=O)CC3)nc(-c3cccnc3)nc12. The van der Waals surface area contributed by atoms with E-state index in [1.54, 1.807) is 25.6 Å². The molecule has 8 nitrogen and oxygen atoms in total. The smallest absolute Gasteiger partial charge is 0.231 e. The van der Waals surface area contributed by atoms with E-state index >= 15 is 0 Å². The minimum Gasteiger partial charge on any atom is -0.494 e. The Labute approximate surface area is 208 Å². The number of methoxy groups -OCH3 is 1. The van der Waals surface area contributed by atoms with Crippen molar-refractivity contribution in [1.82, 2.24) is 19.9 Å². The number of primary amides is 1. The summed E-state index contributed by atoms with van der Waals surface area (Å²) < 4.78 is 19.7. The van der Waals surface area contributed by atoms with Crippen LogP contribution in [0.25, 0.3) is 33.4 Å². The van der Waals surface area contributed by atoms with Gasteiger partial charge in [-0.15, -0.1) is 0 Å². The van der Waals surface area contributed by atoms with Gasteiger partial charge in [-0.25, -0.2) is 14.4 Å². The molecule has 0 unspecified atom stereocenters. The molecule has 3 N–H and O–H groups in total. The summed E-state index contributed by atoms with van der Waals surface area (Å²) in [5.41, 5.74) is 8.34. The molecular formula is C27H27FN6O2. The van der Waals surface area contributed by atoms with Gasteiger partial charge in [0, 0.05) is 42.5 Å². The summed E-state index contributed by atoms with van der Waals surface area (Å²) in [6.45, 7) is 1.79. The normalized spacial score (nSPS) is 14.6. The molecule has 0 radical (unpaired) electrons. The molecule has 0 aliphatic carbocycles. The van der Waals surface area contributed by atoms with Crippen LogP contribution in [0, 0.1) is 5.82 Å². The Kier molecular flexibility index (Phi) is 6.73. The Balaban J connectivity index is 1.58. The van der Waals surface area contributed by atoms with Crippen LogP contribution in [-0.4, -0.2) is 58.5 Å². The topological polar surface area (TPSA) is 106 Å². The zero-order valence-corrected chi connectivity index (χ0v) is 19.9. The van der Waals surface area contributed by atoms with Gasteiger partial charge in [0.2, 0.25) is 5.91 Å². The van der Waals surface area contributed by atoms with Crippen molar-refractivity contribution in [2.24, 2.45) is 5.73 Å². The number of likely N-dealkylation sites (tertiary alicyclic amines) is 1. The lowest BCUT2D eigenvalue weighted by molar-refractivity contribution is -0.119. The van der Waals surface area contributed by atoms with Crippen LogP contribution in [0.15, 0.2) is 60.9 Å². The standard InChI is InChI=1S/C27H27FN6O2/c1-36-23-14-19(17-4-2-6-20(28)12-17)13-22-25(23)32-26(18-5-3-9-30-15-18)33-27(22)31-21-7-10-34(11-8-21)16-24(29)35/h2-6,9,12-15,21H,7-8,10-11,16H2,1H3,(H2,29,35)(H,31,32,33). The number of nitrogens with zero attached hydrogens (tertiary/aromatic N) is 4.